The van der Waals surface area contributed by atoms with Crippen LogP contribution in [0, 0.1) is 5.92 Å². The fraction of sp³-hybridized carbons (Fsp3) is 0.909. The molecule has 1 aliphatic rings. The van der Waals surface area contributed by atoms with Crippen molar-refractivity contribution in [1.29, 1.82) is 0 Å². The Morgan fingerprint density at radius 2 is 2.20 bits per heavy atom. The highest BCUT2D eigenvalue weighted by atomic mass is 16.1. The van der Waals surface area contributed by atoms with E-state index in [0.717, 1.165) is 25.8 Å². The molecule has 0 aliphatic carbocycles. The van der Waals surface area contributed by atoms with Crippen molar-refractivity contribution in [3.8, 4) is 0 Å². The Bertz CT molecular complexity index is 208. The molecule has 1 heterocycles. The molecule has 1 rings (SSSR count). The maximum atomic E-state index is 11.0. The lowest BCUT2D eigenvalue weighted by Gasteiger charge is -2.41. The van der Waals surface area contributed by atoms with Crippen molar-refractivity contribution in [2.24, 2.45) is 5.92 Å². The van der Waals surface area contributed by atoms with Gasteiger partial charge in [-0.05, 0) is 33.5 Å². The summed E-state index contributed by atoms with van der Waals surface area (Å²) < 4.78 is 0. The predicted octanol–water partition coefficient (Wildman–Crippen LogP) is 0.00280. The van der Waals surface area contributed by atoms with Gasteiger partial charge in [0.25, 0.3) is 0 Å². The normalized spacial score (nSPS) is 30.5. The second-order valence-electron chi connectivity index (χ2n) is 4.67. The van der Waals surface area contributed by atoms with Crippen LogP contribution in [0.5, 0.6) is 0 Å². The molecule has 0 aromatic heterocycles. The number of carbonyl (C=O) groups excluding carboxylic acids is 1. The monoisotopic (exact) mass is 213 g/mol. The van der Waals surface area contributed by atoms with E-state index >= 15 is 0 Å². The molecular formula is C11H23N3O. The average Bonchev–Trinajstić information content (AvgIpc) is 2.21. The van der Waals surface area contributed by atoms with Gasteiger partial charge in [-0.15, -0.1) is 0 Å². The minimum Gasteiger partial charge on any atom is -0.315 e. The maximum absolute atomic E-state index is 11.0. The third-order valence-electron chi connectivity index (χ3n) is 3.39. The number of likely N-dealkylation sites (tertiary alicyclic amines) is 1. The lowest BCUT2D eigenvalue weighted by Crippen LogP contribution is -2.56. The summed E-state index contributed by atoms with van der Waals surface area (Å²) in [4.78, 5) is 15.2. The number of piperidine rings is 1. The van der Waals surface area contributed by atoms with Gasteiger partial charge in [0, 0.05) is 19.1 Å². The molecule has 0 aromatic carbocycles. The summed E-state index contributed by atoms with van der Waals surface area (Å²) in [6.07, 6.45) is 2.11. The standard InChI is InChI=1S/C11H23N3O/c1-9-5-6-14(7-10(9)12-2)11(8-15)13(3)4/h8-12H,5-7H2,1-4H3. The Labute approximate surface area is 92.6 Å². The van der Waals surface area contributed by atoms with Crippen LogP contribution in [0.3, 0.4) is 0 Å². The lowest BCUT2D eigenvalue weighted by molar-refractivity contribution is -0.118. The van der Waals surface area contributed by atoms with E-state index in [2.05, 4.69) is 17.1 Å². The first-order valence-corrected chi connectivity index (χ1v) is 5.63. The molecule has 1 saturated heterocycles. The number of rotatable bonds is 4. The minimum atomic E-state index is -0.0756. The number of hydrogen-bond acceptors (Lipinski definition) is 4. The molecule has 0 saturated carbocycles. The highest BCUT2D eigenvalue weighted by molar-refractivity contribution is 5.56. The van der Waals surface area contributed by atoms with Crippen LogP contribution in [0.15, 0.2) is 0 Å². The average molecular weight is 213 g/mol. The molecule has 4 heteroatoms. The molecule has 4 nitrogen and oxygen atoms in total. The molecule has 1 N–H and O–H groups in total. The molecule has 0 bridgehead atoms. The largest absolute Gasteiger partial charge is 0.315 e. The summed E-state index contributed by atoms with van der Waals surface area (Å²) >= 11 is 0. The van der Waals surface area contributed by atoms with Gasteiger partial charge in [-0.25, -0.2) is 0 Å². The second kappa shape index (κ2) is 5.58. The van der Waals surface area contributed by atoms with Gasteiger partial charge in [0.2, 0.25) is 0 Å². The molecule has 0 spiro atoms. The van der Waals surface area contributed by atoms with Crippen molar-refractivity contribution in [1.82, 2.24) is 15.1 Å². The Morgan fingerprint density at radius 1 is 1.53 bits per heavy atom. The van der Waals surface area contributed by atoms with Gasteiger partial charge >= 0.3 is 0 Å². The molecule has 3 unspecified atom stereocenters. The van der Waals surface area contributed by atoms with Crippen molar-refractivity contribution < 1.29 is 4.79 Å². The maximum Gasteiger partial charge on any atom is 0.151 e. The zero-order chi connectivity index (χ0) is 11.4. The van der Waals surface area contributed by atoms with Gasteiger partial charge in [-0.2, -0.15) is 0 Å². The third-order valence-corrected chi connectivity index (χ3v) is 3.39. The first kappa shape index (κ1) is 12.6. The Balaban J connectivity index is 2.60. The highest BCUT2D eigenvalue weighted by Crippen LogP contribution is 2.18. The van der Waals surface area contributed by atoms with Gasteiger partial charge in [0.15, 0.2) is 6.29 Å². The number of hydrogen-bond donors (Lipinski definition) is 1. The topological polar surface area (TPSA) is 35.6 Å². The molecule has 0 radical (unpaired) electrons. The molecule has 88 valence electrons. The fourth-order valence-corrected chi connectivity index (χ4v) is 2.24. The zero-order valence-corrected chi connectivity index (χ0v) is 10.2. The number of nitrogens with zero attached hydrogens (tertiary/aromatic N) is 2. The van der Waals surface area contributed by atoms with Gasteiger partial charge in [0.05, 0.1) is 0 Å². The van der Waals surface area contributed by atoms with E-state index in [1.54, 1.807) is 0 Å². The van der Waals surface area contributed by atoms with E-state index in [0.29, 0.717) is 12.0 Å². The Hall–Kier alpha value is -0.450. The lowest BCUT2D eigenvalue weighted by atomic mass is 9.93. The van der Waals surface area contributed by atoms with Crippen LogP contribution in [0.25, 0.3) is 0 Å². The van der Waals surface area contributed by atoms with E-state index < -0.39 is 0 Å². The Morgan fingerprint density at radius 3 is 2.67 bits per heavy atom. The number of aldehydes is 1. The predicted molar refractivity (Wildman–Crippen MR) is 61.7 cm³/mol. The van der Waals surface area contributed by atoms with Crippen LogP contribution in [0.1, 0.15) is 13.3 Å². The van der Waals surface area contributed by atoms with Gasteiger partial charge in [-0.3, -0.25) is 9.80 Å². The second-order valence-corrected chi connectivity index (χ2v) is 4.67. The Kier molecular flexibility index (Phi) is 4.70. The molecule has 3 atom stereocenters. The summed E-state index contributed by atoms with van der Waals surface area (Å²) in [5, 5.41) is 3.33. The smallest absolute Gasteiger partial charge is 0.151 e. The quantitative estimate of drug-likeness (QED) is 0.667. The van der Waals surface area contributed by atoms with Crippen LogP contribution in [0.4, 0.5) is 0 Å². The minimum absolute atomic E-state index is 0.0756. The van der Waals surface area contributed by atoms with Crippen molar-refractivity contribution in [3.05, 3.63) is 0 Å². The van der Waals surface area contributed by atoms with Crippen molar-refractivity contribution in [2.45, 2.75) is 25.6 Å². The first-order chi connectivity index (χ1) is 7.10. The van der Waals surface area contributed by atoms with Gasteiger partial charge in [-0.1, -0.05) is 6.92 Å². The van der Waals surface area contributed by atoms with Crippen LogP contribution in [0.2, 0.25) is 0 Å². The third kappa shape index (κ3) is 3.00. The first-order valence-electron chi connectivity index (χ1n) is 5.63. The van der Waals surface area contributed by atoms with Gasteiger partial charge in [0.1, 0.15) is 6.17 Å². The number of carbonyl (C=O) groups is 1. The summed E-state index contributed by atoms with van der Waals surface area (Å²) in [5.41, 5.74) is 0. The molecule has 1 fully saturated rings. The molecule has 0 aromatic rings. The zero-order valence-electron chi connectivity index (χ0n) is 10.2. The van der Waals surface area contributed by atoms with Crippen LogP contribution >= 0.6 is 0 Å². The number of nitrogens with one attached hydrogen (secondary N) is 1. The number of likely N-dealkylation sites (N-methyl/N-ethyl adjacent to an activating group) is 2. The summed E-state index contributed by atoms with van der Waals surface area (Å²) in [5.74, 6) is 0.695. The molecule has 0 amide bonds. The van der Waals surface area contributed by atoms with E-state index in [1.807, 2.05) is 26.0 Å². The van der Waals surface area contributed by atoms with E-state index in [9.17, 15) is 4.79 Å². The van der Waals surface area contributed by atoms with E-state index in [-0.39, 0.29) is 6.17 Å². The van der Waals surface area contributed by atoms with Crippen molar-refractivity contribution >= 4 is 6.29 Å². The highest BCUT2D eigenvalue weighted by Gasteiger charge is 2.29. The molecular weight excluding hydrogens is 190 g/mol. The van der Waals surface area contributed by atoms with E-state index in [4.69, 9.17) is 0 Å². The van der Waals surface area contributed by atoms with Crippen LogP contribution in [-0.4, -0.2) is 62.5 Å². The van der Waals surface area contributed by atoms with Crippen molar-refractivity contribution in [2.75, 3.05) is 34.2 Å². The van der Waals surface area contributed by atoms with Crippen molar-refractivity contribution in [3.63, 3.8) is 0 Å². The fourth-order valence-electron chi connectivity index (χ4n) is 2.24. The van der Waals surface area contributed by atoms with Crippen LogP contribution < -0.4 is 5.32 Å². The SMILES string of the molecule is CNC1CN(C(C=O)N(C)C)CCC1C. The molecule has 15 heavy (non-hydrogen) atoms. The molecule has 1 aliphatic heterocycles. The van der Waals surface area contributed by atoms with E-state index in [1.165, 1.54) is 0 Å². The summed E-state index contributed by atoms with van der Waals surface area (Å²) in [6.45, 7) is 4.24. The van der Waals surface area contributed by atoms with Crippen LogP contribution in [-0.2, 0) is 4.79 Å². The summed E-state index contributed by atoms with van der Waals surface area (Å²) in [6, 6.07) is 0.501. The van der Waals surface area contributed by atoms with Gasteiger partial charge < -0.3 is 10.1 Å². The summed E-state index contributed by atoms with van der Waals surface area (Å²) in [7, 11) is 5.90.